The summed E-state index contributed by atoms with van der Waals surface area (Å²) >= 11 is 1.65. The zero-order chi connectivity index (χ0) is 18.4. The number of ether oxygens (including phenoxy) is 1. The average Bonchev–Trinajstić information content (AvgIpc) is 3.16. The van der Waals surface area contributed by atoms with Gasteiger partial charge in [0.2, 0.25) is 11.6 Å². The number of aromatic nitrogens is 2. The fraction of sp³-hybridized carbons (Fsp3) is 0.176. The third-order valence-corrected chi connectivity index (χ3v) is 4.54. The highest BCUT2D eigenvalue weighted by Crippen LogP contribution is 2.31. The average molecular weight is 371 g/mol. The molecule has 0 saturated carbocycles. The van der Waals surface area contributed by atoms with Crippen LogP contribution in [-0.4, -0.2) is 28.5 Å². The zero-order valence-corrected chi connectivity index (χ0v) is 14.8. The molecule has 1 aromatic carbocycles. The molecular weight excluding hydrogens is 354 g/mol. The van der Waals surface area contributed by atoms with Crippen molar-refractivity contribution in [3.05, 3.63) is 63.1 Å². The maximum absolute atomic E-state index is 11.6. The van der Waals surface area contributed by atoms with Crippen molar-refractivity contribution in [3.8, 4) is 5.75 Å². The first-order chi connectivity index (χ1) is 12.7. The van der Waals surface area contributed by atoms with Gasteiger partial charge in [-0.2, -0.15) is 0 Å². The summed E-state index contributed by atoms with van der Waals surface area (Å²) in [4.78, 5) is 20.3. The number of nitrogens with zero attached hydrogens (tertiary/aromatic N) is 3. The number of hydrogen-bond acceptors (Lipinski definition) is 8. The Balaban J connectivity index is 1.77. The molecule has 0 aliphatic heterocycles. The SMILES string of the molecule is COc1ccc(Nc2ncnc(NCCc3cccs3)c2[N+](=O)[O-])cc1. The van der Waals surface area contributed by atoms with Gasteiger partial charge in [-0.3, -0.25) is 10.1 Å². The van der Waals surface area contributed by atoms with E-state index in [2.05, 4.69) is 20.6 Å². The summed E-state index contributed by atoms with van der Waals surface area (Å²) < 4.78 is 5.10. The molecule has 0 amide bonds. The molecule has 26 heavy (non-hydrogen) atoms. The minimum absolute atomic E-state index is 0.133. The van der Waals surface area contributed by atoms with Crippen LogP contribution >= 0.6 is 11.3 Å². The van der Waals surface area contributed by atoms with Crippen LogP contribution in [-0.2, 0) is 6.42 Å². The molecule has 0 spiro atoms. The first kappa shape index (κ1) is 17.6. The molecule has 3 aromatic rings. The Hall–Kier alpha value is -3.20. The quantitative estimate of drug-likeness (QED) is 0.458. The lowest BCUT2D eigenvalue weighted by Crippen LogP contribution is -2.10. The zero-order valence-electron chi connectivity index (χ0n) is 14.0. The van der Waals surface area contributed by atoms with Crippen LogP contribution in [0.5, 0.6) is 5.75 Å². The topological polar surface area (TPSA) is 102 Å². The van der Waals surface area contributed by atoms with Gasteiger partial charge in [0, 0.05) is 17.1 Å². The summed E-state index contributed by atoms with van der Waals surface area (Å²) in [6.45, 7) is 0.542. The van der Waals surface area contributed by atoms with Gasteiger partial charge in [-0.15, -0.1) is 11.3 Å². The summed E-state index contributed by atoms with van der Waals surface area (Å²) in [5.74, 6) is 1.02. The van der Waals surface area contributed by atoms with Crippen LogP contribution in [0.3, 0.4) is 0 Å². The van der Waals surface area contributed by atoms with E-state index in [4.69, 9.17) is 4.74 Å². The van der Waals surface area contributed by atoms with E-state index < -0.39 is 4.92 Å². The second kappa shape index (κ2) is 8.26. The number of thiophene rings is 1. The Morgan fingerprint density at radius 1 is 1.19 bits per heavy atom. The lowest BCUT2D eigenvalue weighted by Gasteiger charge is -2.10. The van der Waals surface area contributed by atoms with Gasteiger partial charge < -0.3 is 15.4 Å². The third kappa shape index (κ3) is 4.25. The van der Waals surface area contributed by atoms with Crippen molar-refractivity contribution < 1.29 is 9.66 Å². The van der Waals surface area contributed by atoms with Crippen LogP contribution in [0.15, 0.2) is 48.1 Å². The molecule has 9 heteroatoms. The molecule has 0 radical (unpaired) electrons. The molecule has 0 unspecified atom stereocenters. The minimum atomic E-state index is -0.487. The molecule has 0 bridgehead atoms. The van der Waals surface area contributed by atoms with Crippen molar-refractivity contribution in [1.29, 1.82) is 0 Å². The molecule has 2 N–H and O–H groups in total. The van der Waals surface area contributed by atoms with E-state index in [0.717, 1.165) is 6.42 Å². The van der Waals surface area contributed by atoms with Crippen molar-refractivity contribution >= 4 is 34.3 Å². The summed E-state index contributed by atoms with van der Waals surface area (Å²) in [7, 11) is 1.58. The highest BCUT2D eigenvalue weighted by atomic mass is 32.1. The van der Waals surface area contributed by atoms with Crippen LogP contribution < -0.4 is 15.4 Å². The van der Waals surface area contributed by atoms with Crippen molar-refractivity contribution in [3.63, 3.8) is 0 Å². The summed E-state index contributed by atoms with van der Waals surface area (Å²) in [6, 6.07) is 11.0. The van der Waals surface area contributed by atoms with Gasteiger partial charge in [-0.05, 0) is 42.1 Å². The van der Waals surface area contributed by atoms with Gasteiger partial charge in [-0.1, -0.05) is 6.07 Å². The number of nitro groups is 1. The second-order valence-electron chi connectivity index (χ2n) is 5.29. The number of rotatable bonds is 8. The molecule has 0 saturated heterocycles. The maximum Gasteiger partial charge on any atom is 0.353 e. The molecular formula is C17H17N5O3S. The summed E-state index contributed by atoms with van der Waals surface area (Å²) in [5, 5.41) is 19.5. The van der Waals surface area contributed by atoms with Crippen LogP contribution in [0.1, 0.15) is 4.88 Å². The summed E-state index contributed by atoms with van der Waals surface area (Å²) in [5.41, 5.74) is 0.478. The smallest absolute Gasteiger partial charge is 0.353 e. The highest BCUT2D eigenvalue weighted by molar-refractivity contribution is 7.09. The van der Waals surface area contributed by atoms with Crippen molar-refractivity contribution in [2.75, 3.05) is 24.3 Å². The molecule has 2 heterocycles. The fourth-order valence-electron chi connectivity index (χ4n) is 2.34. The Morgan fingerprint density at radius 2 is 1.96 bits per heavy atom. The van der Waals surface area contributed by atoms with Crippen molar-refractivity contribution in [2.45, 2.75) is 6.42 Å². The Kier molecular flexibility index (Phi) is 5.59. The van der Waals surface area contributed by atoms with Gasteiger partial charge in [0.15, 0.2) is 0 Å². The molecule has 0 fully saturated rings. The van der Waals surface area contributed by atoms with Crippen LogP contribution in [0.25, 0.3) is 0 Å². The number of methoxy groups -OCH3 is 1. The predicted octanol–water partition coefficient (Wildman–Crippen LogP) is 3.85. The number of benzene rings is 1. The van der Waals surface area contributed by atoms with E-state index in [1.54, 1.807) is 42.7 Å². The van der Waals surface area contributed by atoms with E-state index in [9.17, 15) is 10.1 Å². The first-order valence-electron chi connectivity index (χ1n) is 7.84. The van der Waals surface area contributed by atoms with Crippen LogP contribution in [0, 0.1) is 10.1 Å². The fourth-order valence-corrected chi connectivity index (χ4v) is 3.05. The molecule has 0 aliphatic rings. The second-order valence-corrected chi connectivity index (χ2v) is 6.32. The Morgan fingerprint density at radius 3 is 2.62 bits per heavy atom. The summed E-state index contributed by atoms with van der Waals surface area (Å²) in [6.07, 6.45) is 2.06. The molecule has 134 valence electrons. The standard InChI is InChI=1S/C17H17N5O3S/c1-25-13-6-4-12(5-7-13)21-17-15(22(23)24)16(19-11-20-17)18-9-8-14-3-2-10-26-14/h2-7,10-11H,8-9H2,1H3,(H2,18,19,20,21). The van der Waals surface area contributed by atoms with E-state index in [0.29, 0.717) is 18.0 Å². The highest BCUT2D eigenvalue weighted by Gasteiger charge is 2.23. The van der Waals surface area contributed by atoms with Crippen molar-refractivity contribution in [1.82, 2.24) is 9.97 Å². The molecule has 3 rings (SSSR count). The van der Waals surface area contributed by atoms with Gasteiger partial charge in [-0.25, -0.2) is 9.97 Å². The molecule has 2 aromatic heterocycles. The van der Waals surface area contributed by atoms with Crippen LogP contribution in [0.2, 0.25) is 0 Å². The van der Waals surface area contributed by atoms with Gasteiger partial charge in [0.1, 0.15) is 12.1 Å². The largest absolute Gasteiger partial charge is 0.497 e. The first-order valence-corrected chi connectivity index (χ1v) is 8.72. The molecule has 0 aliphatic carbocycles. The molecule has 8 nitrogen and oxygen atoms in total. The monoisotopic (exact) mass is 371 g/mol. The lowest BCUT2D eigenvalue weighted by molar-refractivity contribution is -0.383. The normalized spacial score (nSPS) is 10.3. The Bertz CT molecular complexity index is 869. The van der Waals surface area contributed by atoms with E-state index >= 15 is 0 Å². The van der Waals surface area contributed by atoms with E-state index in [1.165, 1.54) is 11.2 Å². The number of nitrogens with one attached hydrogen (secondary N) is 2. The van der Waals surface area contributed by atoms with Crippen molar-refractivity contribution in [2.24, 2.45) is 0 Å². The lowest BCUT2D eigenvalue weighted by atomic mass is 10.3. The molecule has 0 atom stereocenters. The number of anilines is 3. The minimum Gasteiger partial charge on any atom is -0.497 e. The van der Waals surface area contributed by atoms with Crippen LogP contribution in [0.4, 0.5) is 23.0 Å². The third-order valence-electron chi connectivity index (χ3n) is 3.60. The predicted molar refractivity (Wildman–Crippen MR) is 101 cm³/mol. The number of hydrogen-bond donors (Lipinski definition) is 2. The van der Waals surface area contributed by atoms with Gasteiger partial charge in [0.25, 0.3) is 0 Å². The van der Waals surface area contributed by atoms with E-state index in [-0.39, 0.29) is 17.3 Å². The van der Waals surface area contributed by atoms with E-state index in [1.807, 2.05) is 17.5 Å². The Labute approximate surface area is 154 Å². The van der Waals surface area contributed by atoms with Gasteiger partial charge >= 0.3 is 5.69 Å². The maximum atomic E-state index is 11.6. The van der Waals surface area contributed by atoms with Gasteiger partial charge in [0.05, 0.1) is 12.0 Å².